The SMILES string of the molecule is CN1CCCC1CNS(=O)(=O)c1ccccc1NN. The number of anilines is 1. The average molecular weight is 284 g/mol. The Hall–Kier alpha value is -1.15. The molecule has 1 aromatic carbocycles. The summed E-state index contributed by atoms with van der Waals surface area (Å²) >= 11 is 0. The van der Waals surface area contributed by atoms with Crippen LogP contribution in [0.3, 0.4) is 0 Å². The molecule has 2 rings (SSSR count). The van der Waals surface area contributed by atoms with Crippen molar-refractivity contribution >= 4 is 15.7 Å². The summed E-state index contributed by atoms with van der Waals surface area (Å²) in [6.45, 7) is 1.45. The number of hydrogen-bond donors (Lipinski definition) is 3. The zero-order chi connectivity index (χ0) is 13.9. The Morgan fingerprint density at radius 1 is 1.42 bits per heavy atom. The van der Waals surface area contributed by atoms with E-state index in [2.05, 4.69) is 15.0 Å². The number of likely N-dealkylation sites (tertiary alicyclic amines) is 1. The molecule has 1 unspecified atom stereocenters. The fourth-order valence-corrected chi connectivity index (χ4v) is 3.58. The Labute approximate surface area is 114 Å². The van der Waals surface area contributed by atoms with E-state index in [0.717, 1.165) is 19.4 Å². The van der Waals surface area contributed by atoms with Gasteiger partial charge >= 0.3 is 0 Å². The number of nitrogens with two attached hydrogens (primary N) is 1. The van der Waals surface area contributed by atoms with Gasteiger partial charge in [-0.15, -0.1) is 0 Å². The van der Waals surface area contributed by atoms with Gasteiger partial charge in [-0.3, -0.25) is 5.84 Å². The van der Waals surface area contributed by atoms with Crippen LogP contribution in [0.2, 0.25) is 0 Å². The summed E-state index contributed by atoms with van der Waals surface area (Å²) in [6, 6.07) is 6.86. The standard InChI is InChI=1S/C12H20N4O2S/c1-16-8-4-5-10(16)9-14-19(17,18)12-7-3-2-6-11(12)15-13/h2-3,6-7,10,14-15H,4-5,8-9,13H2,1H3. The first-order valence-corrected chi connectivity index (χ1v) is 7.78. The number of hydrogen-bond acceptors (Lipinski definition) is 5. The normalized spacial score (nSPS) is 20.6. The topological polar surface area (TPSA) is 87.5 Å². The van der Waals surface area contributed by atoms with Crippen LogP contribution < -0.4 is 16.0 Å². The first kappa shape index (κ1) is 14.3. The van der Waals surface area contributed by atoms with E-state index in [1.165, 1.54) is 6.07 Å². The van der Waals surface area contributed by atoms with E-state index in [-0.39, 0.29) is 10.9 Å². The Kier molecular flexibility index (Phi) is 4.41. The molecule has 0 aliphatic carbocycles. The Morgan fingerprint density at radius 2 is 2.16 bits per heavy atom. The van der Waals surface area contributed by atoms with Crippen molar-refractivity contribution in [3.8, 4) is 0 Å². The number of nitrogens with one attached hydrogen (secondary N) is 2. The van der Waals surface area contributed by atoms with Crippen molar-refractivity contribution in [2.45, 2.75) is 23.8 Å². The zero-order valence-corrected chi connectivity index (χ0v) is 11.8. The highest BCUT2D eigenvalue weighted by molar-refractivity contribution is 7.89. The monoisotopic (exact) mass is 284 g/mol. The maximum absolute atomic E-state index is 12.3. The predicted molar refractivity (Wildman–Crippen MR) is 75.1 cm³/mol. The highest BCUT2D eigenvalue weighted by atomic mass is 32.2. The molecule has 0 spiro atoms. The van der Waals surface area contributed by atoms with Gasteiger partial charge in [0.25, 0.3) is 0 Å². The van der Waals surface area contributed by atoms with E-state index in [1.54, 1.807) is 18.2 Å². The quantitative estimate of drug-likeness (QED) is 0.536. The van der Waals surface area contributed by atoms with Gasteiger partial charge < -0.3 is 10.3 Å². The first-order valence-electron chi connectivity index (χ1n) is 6.30. The molecule has 7 heteroatoms. The number of nitrogens with zero attached hydrogens (tertiary/aromatic N) is 1. The fourth-order valence-electron chi connectivity index (χ4n) is 2.34. The Balaban J connectivity index is 2.09. The van der Waals surface area contributed by atoms with Crippen LogP contribution in [0.1, 0.15) is 12.8 Å². The van der Waals surface area contributed by atoms with Crippen molar-refractivity contribution in [3.63, 3.8) is 0 Å². The molecule has 0 aromatic heterocycles. The summed E-state index contributed by atoms with van der Waals surface area (Å²) in [5, 5.41) is 0. The van der Waals surface area contributed by atoms with Gasteiger partial charge in [-0.1, -0.05) is 12.1 Å². The largest absolute Gasteiger partial charge is 0.323 e. The number of rotatable bonds is 5. The van der Waals surface area contributed by atoms with Crippen LogP contribution in [0.15, 0.2) is 29.2 Å². The van der Waals surface area contributed by atoms with Crippen molar-refractivity contribution in [1.29, 1.82) is 0 Å². The second-order valence-corrected chi connectivity index (χ2v) is 6.50. The third kappa shape index (κ3) is 3.24. The van der Waals surface area contributed by atoms with E-state index in [0.29, 0.717) is 12.2 Å². The van der Waals surface area contributed by atoms with Gasteiger partial charge in [0.2, 0.25) is 10.0 Å². The smallest absolute Gasteiger partial charge is 0.242 e. The van der Waals surface area contributed by atoms with Gasteiger partial charge in [-0.2, -0.15) is 0 Å². The lowest BCUT2D eigenvalue weighted by atomic mass is 10.2. The lowest BCUT2D eigenvalue weighted by Gasteiger charge is -2.20. The molecule has 1 heterocycles. The minimum atomic E-state index is -3.53. The van der Waals surface area contributed by atoms with Crippen molar-refractivity contribution in [1.82, 2.24) is 9.62 Å². The molecule has 106 valence electrons. The minimum Gasteiger partial charge on any atom is -0.323 e. The second-order valence-electron chi connectivity index (χ2n) is 4.77. The number of sulfonamides is 1. The molecule has 1 fully saturated rings. The number of hydrazine groups is 1. The third-order valence-electron chi connectivity index (χ3n) is 3.51. The van der Waals surface area contributed by atoms with E-state index >= 15 is 0 Å². The van der Waals surface area contributed by atoms with Crippen LogP contribution in [0, 0.1) is 0 Å². The molecule has 4 N–H and O–H groups in total. The molecule has 1 saturated heterocycles. The number of para-hydroxylation sites is 1. The highest BCUT2D eigenvalue weighted by Crippen LogP contribution is 2.20. The number of nitrogen functional groups attached to an aromatic ring is 1. The van der Waals surface area contributed by atoms with E-state index in [4.69, 9.17) is 5.84 Å². The summed E-state index contributed by atoms with van der Waals surface area (Å²) in [5.41, 5.74) is 2.81. The molecule has 1 aliphatic heterocycles. The van der Waals surface area contributed by atoms with Gasteiger partial charge in [0.05, 0.1) is 5.69 Å². The lowest BCUT2D eigenvalue weighted by Crippen LogP contribution is -2.38. The minimum absolute atomic E-state index is 0.179. The number of likely N-dealkylation sites (N-methyl/N-ethyl adjacent to an activating group) is 1. The molecular weight excluding hydrogens is 264 g/mol. The number of benzene rings is 1. The molecule has 0 bridgehead atoms. The van der Waals surface area contributed by atoms with E-state index in [1.807, 2.05) is 7.05 Å². The van der Waals surface area contributed by atoms with E-state index in [9.17, 15) is 8.42 Å². The van der Waals surface area contributed by atoms with Gasteiger partial charge in [-0.25, -0.2) is 13.1 Å². The van der Waals surface area contributed by atoms with Gasteiger partial charge in [0.15, 0.2) is 0 Å². The van der Waals surface area contributed by atoms with Crippen LogP contribution in [-0.4, -0.2) is 39.5 Å². The summed E-state index contributed by atoms with van der Waals surface area (Å²) in [4.78, 5) is 2.36. The van der Waals surface area contributed by atoms with Gasteiger partial charge in [0.1, 0.15) is 4.90 Å². The summed E-state index contributed by atoms with van der Waals surface area (Å²) in [6.07, 6.45) is 2.14. The Bertz CT molecular complexity index is 532. The molecule has 6 nitrogen and oxygen atoms in total. The maximum atomic E-state index is 12.3. The van der Waals surface area contributed by atoms with Crippen LogP contribution in [0.5, 0.6) is 0 Å². The van der Waals surface area contributed by atoms with Crippen LogP contribution in [0.25, 0.3) is 0 Å². The molecule has 1 aromatic rings. The highest BCUT2D eigenvalue weighted by Gasteiger charge is 2.24. The molecule has 1 atom stereocenters. The lowest BCUT2D eigenvalue weighted by molar-refractivity contribution is 0.311. The summed E-state index contributed by atoms with van der Waals surface area (Å²) < 4.78 is 27.2. The van der Waals surface area contributed by atoms with Crippen LogP contribution in [0.4, 0.5) is 5.69 Å². The van der Waals surface area contributed by atoms with Crippen LogP contribution in [-0.2, 0) is 10.0 Å². The molecule has 1 aliphatic rings. The van der Waals surface area contributed by atoms with E-state index < -0.39 is 10.0 Å². The van der Waals surface area contributed by atoms with Crippen LogP contribution >= 0.6 is 0 Å². The first-order chi connectivity index (χ1) is 9.04. The Morgan fingerprint density at radius 3 is 2.79 bits per heavy atom. The molecule has 19 heavy (non-hydrogen) atoms. The zero-order valence-electron chi connectivity index (χ0n) is 11.0. The maximum Gasteiger partial charge on any atom is 0.242 e. The second kappa shape index (κ2) is 5.87. The molecular formula is C12H20N4O2S. The predicted octanol–water partition coefficient (Wildman–Crippen LogP) is 0.345. The summed E-state index contributed by atoms with van der Waals surface area (Å²) in [5.74, 6) is 5.34. The summed E-state index contributed by atoms with van der Waals surface area (Å²) in [7, 11) is -1.52. The van der Waals surface area contributed by atoms with Crippen molar-refractivity contribution in [2.24, 2.45) is 5.84 Å². The van der Waals surface area contributed by atoms with Crippen molar-refractivity contribution < 1.29 is 8.42 Å². The van der Waals surface area contributed by atoms with Gasteiger partial charge in [-0.05, 0) is 38.6 Å². The van der Waals surface area contributed by atoms with Gasteiger partial charge in [0, 0.05) is 12.6 Å². The molecule has 0 radical (unpaired) electrons. The molecule has 0 saturated carbocycles. The van der Waals surface area contributed by atoms with Crippen molar-refractivity contribution in [3.05, 3.63) is 24.3 Å². The average Bonchev–Trinajstić information content (AvgIpc) is 2.82. The third-order valence-corrected chi connectivity index (χ3v) is 4.99. The molecule has 0 amide bonds. The fraction of sp³-hybridized carbons (Fsp3) is 0.500. The van der Waals surface area contributed by atoms with Crippen molar-refractivity contribution in [2.75, 3.05) is 25.6 Å².